The molecule has 0 unspecified atom stereocenters. The number of amides is 1. The lowest BCUT2D eigenvalue weighted by molar-refractivity contribution is -0.123. The molecular formula is C19H31N3O3S. The lowest BCUT2D eigenvalue weighted by Crippen LogP contribution is -2.52. The van der Waals surface area contributed by atoms with E-state index in [1.54, 1.807) is 12.3 Å². The number of hydrogen-bond acceptors (Lipinski definition) is 6. The summed E-state index contributed by atoms with van der Waals surface area (Å²) in [6.07, 6.45) is 9.53. The molecule has 1 amide bonds. The molecule has 26 heavy (non-hydrogen) atoms. The highest BCUT2D eigenvalue weighted by Crippen LogP contribution is 2.28. The first-order valence-electron chi connectivity index (χ1n) is 9.37. The Bertz CT molecular complexity index is 526. The summed E-state index contributed by atoms with van der Waals surface area (Å²) in [5, 5.41) is 13.6. The molecule has 1 saturated carbocycles. The third-order valence-corrected chi connectivity index (χ3v) is 5.52. The van der Waals surface area contributed by atoms with Crippen LogP contribution in [0.1, 0.15) is 38.5 Å². The second-order valence-electron chi connectivity index (χ2n) is 6.96. The van der Waals surface area contributed by atoms with E-state index in [0.717, 1.165) is 19.3 Å². The summed E-state index contributed by atoms with van der Waals surface area (Å²) < 4.78 is 5.58. The quantitative estimate of drug-likeness (QED) is 0.573. The Morgan fingerprint density at radius 3 is 2.85 bits per heavy atom. The van der Waals surface area contributed by atoms with Gasteiger partial charge in [-0.05, 0) is 24.7 Å². The SMILES string of the molecule is CSC[C@H](N)C(=O)N[C@@H](CC1CCCCC1)[C@@H](O)COc1ccccn1. The maximum absolute atomic E-state index is 12.4. The Morgan fingerprint density at radius 2 is 2.19 bits per heavy atom. The molecule has 1 heterocycles. The number of carbonyl (C=O) groups is 1. The first-order chi connectivity index (χ1) is 12.6. The number of nitrogens with two attached hydrogens (primary N) is 1. The van der Waals surface area contributed by atoms with Crippen molar-refractivity contribution in [3.8, 4) is 5.88 Å². The van der Waals surface area contributed by atoms with Crippen LogP contribution in [0.15, 0.2) is 24.4 Å². The zero-order valence-electron chi connectivity index (χ0n) is 15.5. The number of pyridine rings is 1. The molecule has 0 bridgehead atoms. The van der Waals surface area contributed by atoms with E-state index in [1.165, 1.54) is 31.0 Å². The largest absolute Gasteiger partial charge is 0.475 e. The van der Waals surface area contributed by atoms with Gasteiger partial charge in [-0.1, -0.05) is 38.2 Å². The number of thioether (sulfide) groups is 1. The Hall–Kier alpha value is -1.31. The molecule has 0 aliphatic heterocycles. The van der Waals surface area contributed by atoms with Crippen molar-refractivity contribution in [2.24, 2.45) is 11.7 Å². The highest BCUT2D eigenvalue weighted by molar-refractivity contribution is 7.98. The van der Waals surface area contributed by atoms with Crippen LogP contribution in [0.2, 0.25) is 0 Å². The second-order valence-corrected chi connectivity index (χ2v) is 7.87. The molecule has 1 aromatic heterocycles. The van der Waals surface area contributed by atoms with Crippen LogP contribution in [0.25, 0.3) is 0 Å². The summed E-state index contributed by atoms with van der Waals surface area (Å²) in [5.74, 6) is 1.34. The van der Waals surface area contributed by atoms with Crippen LogP contribution in [-0.2, 0) is 4.79 Å². The number of aliphatic hydroxyl groups is 1. The number of carbonyl (C=O) groups excluding carboxylic acids is 1. The zero-order chi connectivity index (χ0) is 18.8. The highest BCUT2D eigenvalue weighted by atomic mass is 32.2. The van der Waals surface area contributed by atoms with E-state index in [0.29, 0.717) is 17.6 Å². The molecule has 1 aliphatic carbocycles. The third-order valence-electron chi connectivity index (χ3n) is 4.83. The molecular weight excluding hydrogens is 350 g/mol. The van der Waals surface area contributed by atoms with Crippen molar-refractivity contribution in [1.29, 1.82) is 0 Å². The molecule has 2 rings (SSSR count). The summed E-state index contributed by atoms with van der Waals surface area (Å²) >= 11 is 1.54. The number of aromatic nitrogens is 1. The van der Waals surface area contributed by atoms with E-state index in [1.807, 2.05) is 18.4 Å². The van der Waals surface area contributed by atoms with Gasteiger partial charge in [0.05, 0.1) is 12.1 Å². The molecule has 6 nitrogen and oxygen atoms in total. The van der Waals surface area contributed by atoms with E-state index in [2.05, 4.69) is 10.3 Å². The monoisotopic (exact) mass is 381 g/mol. The van der Waals surface area contributed by atoms with Gasteiger partial charge in [0.1, 0.15) is 12.7 Å². The van der Waals surface area contributed by atoms with E-state index in [-0.39, 0.29) is 18.6 Å². The van der Waals surface area contributed by atoms with E-state index in [9.17, 15) is 9.90 Å². The highest BCUT2D eigenvalue weighted by Gasteiger charge is 2.28. The van der Waals surface area contributed by atoms with Crippen molar-refractivity contribution in [1.82, 2.24) is 10.3 Å². The van der Waals surface area contributed by atoms with Crippen molar-refractivity contribution < 1.29 is 14.6 Å². The van der Waals surface area contributed by atoms with Gasteiger partial charge >= 0.3 is 0 Å². The number of hydrogen-bond donors (Lipinski definition) is 3. The van der Waals surface area contributed by atoms with E-state index >= 15 is 0 Å². The Kier molecular flexibility index (Phi) is 9.22. The fourth-order valence-corrected chi connectivity index (χ4v) is 3.87. The molecule has 7 heteroatoms. The lowest BCUT2D eigenvalue weighted by atomic mass is 9.83. The molecule has 0 aromatic carbocycles. The molecule has 0 spiro atoms. The fraction of sp³-hybridized carbons (Fsp3) is 0.684. The Balaban J connectivity index is 1.94. The smallest absolute Gasteiger partial charge is 0.238 e. The molecule has 3 atom stereocenters. The fourth-order valence-electron chi connectivity index (χ4n) is 3.36. The van der Waals surface area contributed by atoms with Gasteiger partial charge < -0.3 is 20.9 Å². The van der Waals surface area contributed by atoms with Crippen LogP contribution >= 0.6 is 11.8 Å². The standard InChI is InChI=1S/C19H31N3O3S/c1-26-13-15(20)19(24)22-16(11-14-7-3-2-4-8-14)17(23)12-25-18-9-5-6-10-21-18/h5-6,9-10,14-17,23H,2-4,7-8,11-13,20H2,1H3,(H,22,24)/t15-,16-,17-/m0/s1. The van der Waals surface area contributed by atoms with Crippen molar-refractivity contribution in [2.75, 3.05) is 18.6 Å². The van der Waals surface area contributed by atoms with Crippen molar-refractivity contribution in [2.45, 2.75) is 56.7 Å². The number of nitrogens with one attached hydrogen (secondary N) is 1. The second kappa shape index (κ2) is 11.4. The Labute approximate surface area is 160 Å². The Morgan fingerprint density at radius 1 is 1.42 bits per heavy atom. The van der Waals surface area contributed by atoms with Crippen LogP contribution in [0.3, 0.4) is 0 Å². The normalized spacial score (nSPS) is 18.7. The molecule has 0 radical (unpaired) electrons. The predicted octanol–water partition coefficient (Wildman–Crippen LogP) is 1.97. The van der Waals surface area contributed by atoms with E-state index < -0.39 is 12.1 Å². The maximum Gasteiger partial charge on any atom is 0.238 e. The van der Waals surface area contributed by atoms with Gasteiger partial charge in [0.15, 0.2) is 0 Å². The predicted molar refractivity (Wildman–Crippen MR) is 105 cm³/mol. The number of ether oxygens (including phenoxy) is 1. The minimum Gasteiger partial charge on any atom is -0.475 e. The topological polar surface area (TPSA) is 97.5 Å². The molecule has 0 saturated heterocycles. The zero-order valence-corrected chi connectivity index (χ0v) is 16.3. The summed E-state index contributed by atoms with van der Waals surface area (Å²) in [5.41, 5.74) is 5.92. The van der Waals surface area contributed by atoms with Gasteiger partial charge in [-0.15, -0.1) is 0 Å². The van der Waals surface area contributed by atoms with Gasteiger partial charge in [0, 0.05) is 18.0 Å². The van der Waals surface area contributed by atoms with Crippen LogP contribution in [0.5, 0.6) is 5.88 Å². The van der Waals surface area contributed by atoms with Crippen molar-refractivity contribution in [3.05, 3.63) is 24.4 Å². The summed E-state index contributed by atoms with van der Waals surface area (Å²) in [7, 11) is 0. The lowest BCUT2D eigenvalue weighted by Gasteiger charge is -2.30. The summed E-state index contributed by atoms with van der Waals surface area (Å²) in [4.78, 5) is 16.4. The first kappa shape index (κ1) is 21.0. The minimum atomic E-state index is -0.802. The summed E-state index contributed by atoms with van der Waals surface area (Å²) in [6.45, 7) is 0.0897. The molecule has 1 aromatic rings. The number of rotatable bonds is 10. The van der Waals surface area contributed by atoms with Crippen LogP contribution in [0, 0.1) is 5.92 Å². The van der Waals surface area contributed by atoms with Gasteiger partial charge in [-0.2, -0.15) is 11.8 Å². The molecule has 146 valence electrons. The number of nitrogens with zero attached hydrogens (tertiary/aromatic N) is 1. The van der Waals surface area contributed by atoms with Gasteiger partial charge in [-0.3, -0.25) is 4.79 Å². The van der Waals surface area contributed by atoms with Gasteiger partial charge in [0.25, 0.3) is 0 Å². The van der Waals surface area contributed by atoms with Crippen LogP contribution < -0.4 is 15.8 Å². The van der Waals surface area contributed by atoms with Crippen LogP contribution in [-0.4, -0.2) is 52.8 Å². The number of aliphatic hydroxyl groups excluding tert-OH is 1. The molecule has 1 fully saturated rings. The van der Waals surface area contributed by atoms with Crippen molar-refractivity contribution >= 4 is 17.7 Å². The minimum absolute atomic E-state index is 0.0897. The molecule has 1 aliphatic rings. The van der Waals surface area contributed by atoms with E-state index in [4.69, 9.17) is 10.5 Å². The van der Waals surface area contributed by atoms with Gasteiger partial charge in [-0.25, -0.2) is 4.98 Å². The van der Waals surface area contributed by atoms with Crippen molar-refractivity contribution in [3.63, 3.8) is 0 Å². The average Bonchev–Trinajstić information content (AvgIpc) is 2.67. The third kappa shape index (κ3) is 7.13. The summed E-state index contributed by atoms with van der Waals surface area (Å²) in [6, 6.07) is 4.46. The average molecular weight is 382 g/mol. The van der Waals surface area contributed by atoms with Crippen LogP contribution in [0.4, 0.5) is 0 Å². The van der Waals surface area contributed by atoms with Gasteiger partial charge in [0.2, 0.25) is 11.8 Å². The molecule has 4 N–H and O–H groups in total. The first-order valence-corrected chi connectivity index (χ1v) is 10.8. The maximum atomic E-state index is 12.4.